The zero-order valence-corrected chi connectivity index (χ0v) is 17.6. The lowest BCUT2D eigenvalue weighted by molar-refractivity contribution is -0.150. The average Bonchev–Trinajstić information content (AvgIpc) is 2.72. The molecule has 0 spiro atoms. The first-order valence-electron chi connectivity index (χ1n) is 9.26. The average molecular weight is 432 g/mol. The Labute approximate surface area is 177 Å². The number of carbonyl (C=O) groups excluding carboxylic acids is 4. The standard InChI is InChI=1S/C19H21BN2O7S/c1-10-13(9-28-11(2)23)16(19(26)29-20)22-17(25)15(18(22)30(10)27)21-14(24)8-12-6-4-3-5-7-12/h3-7,10,15,18H,8-9,20H2,1-2H3,(H,21,24)/t10-,15-,18-,30?/m1/s1. The molecule has 0 bridgehead atoms. The first kappa shape index (κ1) is 21.9. The van der Waals surface area contributed by atoms with Gasteiger partial charge in [0.25, 0.3) is 5.91 Å². The van der Waals surface area contributed by atoms with Gasteiger partial charge in [-0.3, -0.25) is 19.3 Å². The Morgan fingerprint density at radius 2 is 1.93 bits per heavy atom. The Hall–Kier alpha value is -2.79. The number of nitrogens with zero attached hydrogens (tertiary/aromatic N) is 1. The fourth-order valence-corrected chi connectivity index (χ4v) is 5.21. The van der Waals surface area contributed by atoms with Crippen LogP contribution in [0.4, 0.5) is 0 Å². The molecule has 1 unspecified atom stereocenters. The van der Waals surface area contributed by atoms with Crippen molar-refractivity contribution in [3.63, 3.8) is 0 Å². The summed E-state index contributed by atoms with van der Waals surface area (Å²) in [6, 6.07) is 7.99. The molecule has 1 fully saturated rings. The summed E-state index contributed by atoms with van der Waals surface area (Å²) in [5.74, 6) is -2.33. The van der Waals surface area contributed by atoms with Crippen molar-refractivity contribution in [1.29, 1.82) is 0 Å². The van der Waals surface area contributed by atoms with Gasteiger partial charge in [-0.2, -0.15) is 0 Å². The van der Waals surface area contributed by atoms with Crippen LogP contribution in [-0.4, -0.2) is 64.5 Å². The molecule has 30 heavy (non-hydrogen) atoms. The molecule has 2 heterocycles. The number of amides is 2. The van der Waals surface area contributed by atoms with Crippen LogP contribution in [0, 0.1) is 0 Å². The molecule has 3 rings (SSSR count). The number of hydrogen-bond acceptors (Lipinski definition) is 7. The molecule has 0 radical (unpaired) electrons. The van der Waals surface area contributed by atoms with Gasteiger partial charge >= 0.3 is 20.0 Å². The summed E-state index contributed by atoms with van der Waals surface area (Å²) in [7, 11) is 1.16. The van der Waals surface area contributed by atoms with Gasteiger partial charge in [0.05, 0.1) is 12.0 Å². The number of hydrogen-bond donors (Lipinski definition) is 1. The number of fused-ring (bicyclic) bond motifs is 1. The quantitative estimate of drug-likeness (QED) is 0.263. The Morgan fingerprint density at radius 1 is 1.27 bits per heavy atom. The van der Waals surface area contributed by atoms with Crippen LogP contribution < -0.4 is 5.32 Å². The summed E-state index contributed by atoms with van der Waals surface area (Å²) in [5, 5.41) is 1.04. The second-order valence-corrected chi connectivity index (χ2v) is 8.77. The molecule has 158 valence electrons. The van der Waals surface area contributed by atoms with E-state index in [2.05, 4.69) is 5.32 Å². The summed E-state index contributed by atoms with van der Waals surface area (Å²) in [6.07, 6.45) is 0.0664. The van der Waals surface area contributed by atoms with Crippen molar-refractivity contribution in [1.82, 2.24) is 10.2 Å². The molecular weight excluding hydrogens is 411 g/mol. The Balaban J connectivity index is 1.83. The van der Waals surface area contributed by atoms with Crippen LogP contribution in [0.25, 0.3) is 0 Å². The minimum Gasteiger partial charge on any atom is -0.614 e. The Kier molecular flexibility index (Phi) is 6.52. The highest BCUT2D eigenvalue weighted by atomic mass is 32.2. The lowest BCUT2D eigenvalue weighted by atomic mass is 10.0. The van der Waals surface area contributed by atoms with Crippen molar-refractivity contribution < 1.29 is 33.1 Å². The van der Waals surface area contributed by atoms with Gasteiger partial charge in [-0.05, 0) is 23.7 Å². The molecule has 11 heteroatoms. The molecule has 0 aliphatic carbocycles. The van der Waals surface area contributed by atoms with Crippen molar-refractivity contribution in [3.8, 4) is 0 Å². The van der Waals surface area contributed by atoms with Crippen LogP contribution in [0.3, 0.4) is 0 Å². The zero-order valence-electron chi connectivity index (χ0n) is 16.7. The maximum atomic E-state index is 13.0. The molecule has 0 aromatic heterocycles. The van der Waals surface area contributed by atoms with E-state index in [9.17, 15) is 23.7 Å². The summed E-state index contributed by atoms with van der Waals surface area (Å²) in [6.45, 7) is 2.54. The van der Waals surface area contributed by atoms with Gasteiger partial charge in [0.15, 0.2) is 6.04 Å². The normalized spacial score (nSPS) is 25.2. The van der Waals surface area contributed by atoms with E-state index < -0.39 is 51.6 Å². The molecule has 1 N–H and O–H groups in total. The summed E-state index contributed by atoms with van der Waals surface area (Å²) in [4.78, 5) is 49.8. The third-order valence-corrected chi connectivity index (χ3v) is 6.94. The number of benzene rings is 1. The summed E-state index contributed by atoms with van der Waals surface area (Å²) in [5.41, 5.74) is 0.930. The Morgan fingerprint density at radius 3 is 2.53 bits per heavy atom. The minimum absolute atomic E-state index is 0.0664. The van der Waals surface area contributed by atoms with Gasteiger partial charge in [0.1, 0.15) is 17.6 Å². The van der Waals surface area contributed by atoms with E-state index in [-0.39, 0.29) is 24.3 Å². The third kappa shape index (κ3) is 4.08. The summed E-state index contributed by atoms with van der Waals surface area (Å²) >= 11 is -1.64. The van der Waals surface area contributed by atoms with E-state index in [1.54, 1.807) is 31.2 Å². The highest BCUT2D eigenvalue weighted by Gasteiger charge is 2.63. The van der Waals surface area contributed by atoms with E-state index in [0.29, 0.717) is 0 Å². The van der Waals surface area contributed by atoms with Crippen LogP contribution in [0.5, 0.6) is 0 Å². The number of ether oxygens (including phenoxy) is 1. The Bertz CT molecular complexity index is 907. The fourth-order valence-electron chi connectivity index (χ4n) is 3.47. The van der Waals surface area contributed by atoms with E-state index >= 15 is 0 Å². The number of esters is 1. The maximum Gasteiger partial charge on any atom is 0.337 e. The van der Waals surface area contributed by atoms with Gasteiger partial charge in [-0.1, -0.05) is 30.3 Å². The second-order valence-electron chi connectivity index (χ2n) is 6.92. The number of carbonyl (C=O) groups is 4. The number of rotatable bonds is 6. The van der Waals surface area contributed by atoms with E-state index in [1.807, 2.05) is 6.07 Å². The van der Waals surface area contributed by atoms with Crippen molar-refractivity contribution >= 4 is 43.0 Å². The van der Waals surface area contributed by atoms with Gasteiger partial charge in [-0.15, -0.1) is 0 Å². The second kappa shape index (κ2) is 8.92. The number of nitrogens with one attached hydrogen (secondary N) is 1. The fraction of sp³-hybridized carbons (Fsp3) is 0.368. The van der Waals surface area contributed by atoms with Gasteiger partial charge in [-0.25, -0.2) is 4.79 Å². The van der Waals surface area contributed by atoms with Gasteiger partial charge < -0.3 is 19.3 Å². The van der Waals surface area contributed by atoms with Gasteiger partial charge in [0, 0.05) is 6.92 Å². The van der Waals surface area contributed by atoms with Crippen LogP contribution in [0.15, 0.2) is 41.6 Å². The molecule has 1 aromatic rings. The lowest BCUT2D eigenvalue weighted by Crippen LogP contribution is -2.76. The zero-order chi connectivity index (χ0) is 22.0. The summed E-state index contributed by atoms with van der Waals surface area (Å²) < 4.78 is 22.8. The molecule has 9 nitrogen and oxygen atoms in total. The molecular formula is C19H21BN2O7S. The van der Waals surface area contributed by atoms with E-state index in [4.69, 9.17) is 9.39 Å². The number of β-lactam (4-membered cyclic amide) rings is 1. The third-order valence-electron chi connectivity index (χ3n) is 5.00. The first-order chi connectivity index (χ1) is 14.3. The molecule has 4 atom stereocenters. The predicted octanol–water partition coefficient (Wildman–Crippen LogP) is -1.06. The SMILES string of the molecule is BOC(=O)C1=C(COC(C)=O)[C@@H](C)[S+]([O-])[C@@H]2[C@H](NC(=O)Cc3ccccc3)C(=O)N12. The maximum absolute atomic E-state index is 13.0. The molecule has 1 aromatic carbocycles. The molecule has 0 saturated carbocycles. The minimum atomic E-state index is -1.64. The van der Waals surface area contributed by atoms with Crippen LogP contribution >= 0.6 is 0 Å². The molecule has 2 amide bonds. The largest absolute Gasteiger partial charge is 0.614 e. The van der Waals surface area contributed by atoms with Crippen LogP contribution in [0.1, 0.15) is 19.4 Å². The monoisotopic (exact) mass is 432 g/mol. The highest BCUT2D eigenvalue weighted by molar-refractivity contribution is 7.93. The highest BCUT2D eigenvalue weighted by Crippen LogP contribution is 2.40. The lowest BCUT2D eigenvalue weighted by Gasteiger charge is -2.51. The van der Waals surface area contributed by atoms with Crippen molar-refractivity contribution in [3.05, 3.63) is 47.2 Å². The van der Waals surface area contributed by atoms with E-state index in [0.717, 1.165) is 18.5 Å². The molecule has 1 saturated heterocycles. The van der Waals surface area contributed by atoms with Crippen molar-refractivity contribution in [2.75, 3.05) is 6.61 Å². The topological polar surface area (TPSA) is 125 Å². The van der Waals surface area contributed by atoms with Crippen LogP contribution in [0.2, 0.25) is 0 Å². The smallest absolute Gasteiger partial charge is 0.337 e. The van der Waals surface area contributed by atoms with Crippen molar-refractivity contribution in [2.45, 2.75) is 36.9 Å². The van der Waals surface area contributed by atoms with Crippen LogP contribution in [-0.2, 0) is 46.2 Å². The molecule has 2 aliphatic rings. The van der Waals surface area contributed by atoms with Crippen molar-refractivity contribution in [2.24, 2.45) is 0 Å². The van der Waals surface area contributed by atoms with Gasteiger partial charge in [0.2, 0.25) is 11.3 Å². The first-order valence-corrected chi connectivity index (χ1v) is 10.5. The molecule has 2 aliphatic heterocycles. The predicted molar refractivity (Wildman–Crippen MR) is 109 cm³/mol. The van der Waals surface area contributed by atoms with E-state index in [1.165, 1.54) is 6.92 Å².